The van der Waals surface area contributed by atoms with E-state index in [1.54, 1.807) is 6.07 Å². The molecule has 0 aliphatic carbocycles. The quantitative estimate of drug-likeness (QED) is 0.380. The van der Waals surface area contributed by atoms with Crippen molar-refractivity contribution in [2.75, 3.05) is 0 Å². The Bertz CT molecular complexity index is 1020. The molecule has 1 heterocycles. The van der Waals surface area contributed by atoms with Gasteiger partial charge in [-0.25, -0.2) is 4.98 Å². The first kappa shape index (κ1) is 17.1. The number of hydrogen-bond acceptors (Lipinski definition) is 1. The van der Waals surface area contributed by atoms with E-state index < -0.39 is 0 Å². The molecule has 0 aliphatic rings. The van der Waals surface area contributed by atoms with Crippen LogP contribution < -0.4 is 0 Å². The predicted molar refractivity (Wildman–Crippen MR) is 104 cm³/mol. The summed E-state index contributed by atoms with van der Waals surface area (Å²) in [4.78, 5) is 4.14. The molecule has 0 fully saturated rings. The van der Waals surface area contributed by atoms with Crippen LogP contribution in [0.3, 0.4) is 0 Å². The Hall–Kier alpha value is -2.71. The average Bonchev–Trinajstić information content (AvgIpc) is 2.62. The molecular formula is C22H13Cl2N. The zero-order valence-electron chi connectivity index (χ0n) is 13.5. The molecule has 0 spiro atoms. The fraction of sp³-hybridized carbons (Fsp3) is 0.0455. The maximum atomic E-state index is 6.16. The lowest BCUT2D eigenvalue weighted by Gasteiger charge is -2.00. The van der Waals surface area contributed by atoms with E-state index in [0.717, 1.165) is 11.1 Å². The number of aryl methyl sites for hydroxylation is 1. The van der Waals surface area contributed by atoms with E-state index in [-0.39, 0.29) is 10.3 Å². The van der Waals surface area contributed by atoms with Gasteiger partial charge in [-0.15, -0.1) is 0 Å². The number of hydrogen-bond donors (Lipinski definition) is 0. The van der Waals surface area contributed by atoms with E-state index in [1.165, 1.54) is 5.56 Å². The molecule has 0 saturated carbocycles. The lowest BCUT2D eigenvalue weighted by atomic mass is 10.1. The standard InChI is InChI=1S/C22H13Cl2N/c1-16-7-9-18(10-8-16)12-14-20-15-19(21(23)25-22(20)24)13-11-17-5-3-2-4-6-17/h2-10,15H,1H3. The minimum Gasteiger partial charge on any atom is -0.222 e. The Morgan fingerprint density at radius 3 is 1.76 bits per heavy atom. The average molecular weight is 362 g/mol. The van der Waals surface area contributed by atoms with Crippen LogP contribution in [0.5, 0.6) is 0 Å². The van der Waals surface area contributed by atoms with Gasteiger partial charge in [-0.1, -0.05) is 82.8 Å². The van der Waals surface area contributed by atoms with Crippen LogP contribution in [-0.4, -0.2) is 4.98 Å². The second kappa shape index (κ2) is 7.91. The van der Waals surface area contributed by atoms with Crippen molar-refractivity contribution in [3.63, 3.8) is 0 Å². The van der Waals surface area contributed by atoms with Crippen LogP contribution in [0.2, 0.25) is 10.3 Å². The number of benzene rings is 2. The van der Waals surface area contributed by atoms with Crippen LogP contribution in [0.15, 0.2) is 60.7 Å². The molecule has 3 aromatic rings. The van der Waals surface area contributed by atoms with Crippen LogP contribution in [0.25, 0.3) is 0 Å². The second-order valence-corrected chi connectivity index (χ2v) is 6.11. The molecule has 0 amide bonds. The molecule has 0 atom stereocenters. The van der Waals surface area contributed by atoms with Gasteiger partial charge in [0.05, 0.1) is 11.1 Å². The van der Waals surface area contributed by atoms with E-state index in [2.05, 4.69) is 28.7 Å². The van der Waals surface area contributed by atoms with Gasteiger partial charge in [-0.3, -0.25) is 0 Å². The maximum absolute atomic E-state index is 6.16. The van der Waals surface area contributed by atoms with Gasteiger partial charge >= 0.3 is 0 Å². The molecular weight excluding hydrogens is 349 g/mol. The molecule has 0 radical (unpaired) electrons. The highest BCUT2D eigenvalue weighted by Crippen LogP contribution is 2.20. The van der Waals surface area contributed by atoms with E-state index >= 15 is 0 Å². The van der Waals surface area contributed by atoms with Crippen molar-refractivity contribution in [2.45, 2.75) is 6.92 Å². The Morgan fingerprint density at radius 1 is 0.680 bits per heavy atom. The summed E-state index contributed by atoms with van der Waals surface area (Å²) in [7, 11) is 0. The molecule has 1 aromatic heterocycles. The Kier molecular flexibility index (Phi) is 5.42. The van der Waals surface area contributed by atoms with Gasteiger partial charge in [-0.05, 0) is 37.3 Å². The van der Waals surface area contributed by atoms with Crippen molar-refractivity contribution < 1.29 is 0 Å². The first-order valence-corrected chi connectivity index (χ1v) is 8.39. The minimum atomic E-state index is 0.273. The third-order valence-corrected chi connectivity index (χ3v) is 4.01. The van der Waals surface area contributed by atoms with Gasteiger partial charge in [0.25, 0.3) is 0 Å². The number of pyridine rings is 1. The summed E-state index contributed by atoms with van der Waals surface area (Å²) in [5.74, 6) is 12.2. The monoisotopic (exact) mass is 361 g/mol. The van der Waals surface area contributed by atoms with Gasteiger partial charge in [0, 0.05) is 11.1 Å². The summed E-state index contributed by atoms with van der Waals surface area (Å²) < 4.78 is 0. The van der Waals surface area contributed by atoms with E-state index in [0.29, 0.717) is 11.1 Å². The Balaban J connectivity index is 1.94. The highest BCUT2D eigenvalue weighted by atomic mass is 35.5. The highest BCUT2D eigenvalue weighted by molar-refractivity contribution is 6.33. The molecule has 1 nitrogen and oxygen atoms in total. The summed E-state index contributed by atoms with van der Waals surface area (Å²) in [6.07, 6.45) is 0. The summed E-state index contributed by atoms with van der Waals surface area (Å²) in [6.45, 7) is 2.04. The zero-order chi connectivity index (χ0) is 17.6. The number of nitrogens with zero attached hydrogens (tertiary/aromatic N) is 1. The summed E-state index contributed by atoms with van der Waals surface area (Å²) in [5.41, 5.74) is 4.21. The third-order valence-electron chi connectivity index (χ3n) is 3.44. The highest BCUT2D eigenvalue weighted by Gasteiger charge is 2.06. The van der Waals surface area contributed by atoms with Crippen molar-refractivity contribution in [2.24, 2.45) is 0 Å². The maximum Gasteiger partial charge on any atom is 0.146 e. The van der Waals surface area contributed by atoms with Crippen LogP contribution in [-0.2, 0) is 0 Å². The van der Waals surface area contributed by atoms with Gasteiger partial charge in [0.2, 0.25) is 0 Å². The Morgan fingerprint density at radius 2 is 1.20 bits per heavy atom. The third kappa shape index (κ3) is 4.65. The molecule has 0 N–H and O–H groups in total. The molecule has 25 heavy (non-hydrogen) atoms. The van der Waals surface area contributed by atoms with E-state index in [4.69, 9.17) is 23.2 Å². The second-order valence-electron chi connectivity index (χ2n) is 5.40. The van der Waals surface area contributed by atoms with Gasteiger partial charge in [-0.2, -0.15) is 0 Å². The topological polar surface area (TPSA) is 12.9 Å². The molecule has 0 saturated heterocycles. The van der Waals surface area contributed by atoms with Crippen LogP contribution in [0.1, 0.15) is 27.8 Å². The summed E-state index contributed by atoms with van der Waals surface area (Å²) in [6, 6.07) is 19.4. The zero-order valence-corrected chi connectivity index (χ0v) is 15.0. The predicted octanol–water partition coefficient (Wildman–Crippen LogP) is 5.50. The van der Waals surface area contributed by atoms with Crippen molar-refractivity contribution >= 4 is 23.2 Å². The summed E-state index contributed by atoms with van der Waals surface area (Å²) >= 11 is 12.3. The van der Waals surface area contributed by atoms with E-state index in [1.807, 2.05) is 61.5 Å². The molecule has 2 aromatic carbocycles. The molecule has 0 aliphatic heterocycles. The lowest BCUT2D eigenvalue weighted by molar-refractivity contribution is 1.30. The number of rotatable bonds is 0. The minimum absolute atomic E-state index is 0.273. The van der Waals surface area contributed by atoms with Crippen molar-refractivity contribution in [1.29, 1.82) is 0 Å². The largest absolute Gasteiger partial charge is 0.222 e. The SMILES string of the molecule is Cc1ccc(C#Cc2cc(C#Cc3ccccc3)c(Cl)nc2Cl)cc1. The van der Waals surface area contributed by atoms with Crippen molar-refractivity contribution in [3.05, 3.63) is 98.8 Å². The molecule has 0 bridgehead atoms. The molecule has 120 valence electrons. The van der Waals surface area contributed by atoms with Gasteiger partial charge in [0.1, 0.15) is 10.3 Å². The van der Waals surface area contributed by atoms with Crippen LogP contribution in [0.4, 0.5) is 0 Å². The first-order valence-electron chi connectivity index (χ1n) is 7.63. The Labute approximate surface area is 157 Å². The fourth-order valence-corrected chi connectivity index (χ4v) is 2.50. The van der Waals surface area contributed by atoms with Crippen molar-refractivity contribution in [3.8, 4) is 23.7 Å². The summed E-state index contributed by atoms with van der Waals surface area (Å²) in [5, 5.41) is 0.546. The number of aromatic nitrogens is 1. The fourth-order valence-electron chi connectivity index (χ4n) is 2.08. The van der Waals surface area contributed by atoms with Gasteiger partial charge in [0.15, 0.2) is 0 Å². The van der Waals surface area contributed by atoms with Crippen molar-refractivity contribution in [1.82, 2.24) is 4.98 Å². The number of halogens is 2. The van der Waals surface area contributed by atoms with Crippen LogP contribution in [0, 0.1) is 30.6 Å². The first-order chi connectivity index (χ1) is 12.1. The molecule has 0 unspecified atom stereocenters. The van der Waals surface area contributed by atoms with Crippen LogP contribution >= 0.6 is 23.2 Å². The smallest absolute Gasteiger partial charge is 0.146 e. The van der Waals surface area contributed by atoms with E-state index in [9.17, 15) is 0 Å². The normalized spacial score (nSPS) is 9.56. The van der Waals surface area contributed by atoms with Gasteiger partial charge < -0.3 is 0 Å². The molecule has 3 heteroatoms. The lowest BCUT2D eigenvalue weighted by Crippen LogP contribution is -1.89. The molecule has 3 rings (SSSR count).